The van der Waals surface area contributed by atoms with Crippen LogP contribution in [0.25, 0.3) is 0 Å². The number of ether oxygens (including phenoxy) is 1. The van der Waals surface area contributed by atoms with Crippen molar-refractivity contribution in [3.05, 3.63) is 0 Å². The van der Waals surface area contributed by atoms with Crippen LogP contribution in [-0.4, -0.2) is 19.4 Å². The zero-order valence-corrected chi connectivity index (χ0v) is 19.3. The lowest BCUT2D eigenvalue weighted by molar-refractivity contribution is 0.0403. The summed E-state index contributed by atoms with van der Waals surface area (Å²) in [5.74, 6) is 0. The second kappa shape index (κ2) is 24.0. The van der Waals surface area contributed by atoms with E-state index < -0.39 is 0 Å². The highest BCUT2D eigenvalue weighted by atomic mass is 16.5. The van der Waals surface area contributed by atoms with Gasteiger partial charge in [-0.05, 0) is 26.3 Å². The summed E-state index contributed by atoms with van der Waals surface area (Å²) in [5.41, 5.74) is 0. The van der Waals surface area contributed by atoms with Gasteiger partial charge in [-0.25, -0.2) is 0 Å². The average Bonchev–Trinajstić information content (AvgIpc) is 2.67. The Balaban J connectivity index is 3.06. The van der Waals surface area contributed by atoms with Crippen LogP contribution >= 0.6 is 0 Å². The monoisotopic (exact) mass is 383 g/mol. The fourth-order valence-corrected chi connectivity index (χ4v) is 3.65. The summed E-state index contributed by atoms with van der Waals surface area (Å²) in [6.07, 6.45) is 26.9. The van der Waals surface area contributed by atoms with Crippen LogP contribution in [-0.2, 0) is 4.74 Å². The summed E-state index contributed by atoms with van der Waals surface area (Å²) < 4.78 is 5.76. The first-order valence-corrected chi connectivity index (χ1v) is 12.7. The van der Waals surface area contributed by atoms with E-state index in [1.807, 2.05) is 0 Å². The molecule has 0 spiro atoms. The van der Waals surface area contributed by atoms with Gasteiger partial charge in [0.25, 0.3) is 0 Å². The molecule has 2 heteroatoms. The van der Waals surface area contributed by atoms with Crippen molar-refractivity contribution in [2.45, 2.75) is 149 Å². The largest absolute Gasteiger partial charge is 0.364 e. The van der Waals surface area contributed by atoms with Crippen molar-refractivity contribution in [2.75, 3.05) is 13.2 Å². The van der Waals surface area contributed by atoms with Gasteiger partial charge >= 0.3 is 0 Å². The second-order valence-electron chi connectivity index (χ2n) is 8.48. The molecule has 0 aromatic rings. The Morgan fingerprint density at radius 1 is 0.519 bits per heavy atom. The molecule has 0 saturated carbocycles. The SMILES string of the molecule is CCCCCCCCCCCCCCCCCCNC(C)OCCCCC. The van der Waals surface area contributed by atoms with Gasteiger partial charge in [0.15, 0.2) is 0 Å². The topological polar surface area (TPSA) is 21.3 Å². The standard InChI is InChI=1S/C25H53NO/c1-4-6-8-9-10-11-12-13-14-15-16-17-18-19-20-21-23-26-25(3)27-24-22-7-5-2/h25-26H,4-24H2,1-3H3. The number of hydrogen-bond donors (Lipinski definition) is 1. The molecule has 164 valence electrons. The van der Waals surface area contributed by atoms with E-state index in [0.29, 0.717) is 0 Å². The van der Waals surface area contributed by atoms with Crippen LogP contribution in [0.3, 0.4) is 0 Å². The normalized spacial score (nSPS) is 12.6. The van der Waals surface area contributed by atoms with Gasteiger partial charge in [-0.15, -0.1) is 0 Å². The molecule has 0 aromatic heterocycles. The fraction of sp³-hybridized carbons (Fsp3) is 1.00. The molecular weight excluding hydrogens is 330 g/mol. The summed E-state index contributed by atoms with van der Waals surface area (Å²) in [5, 5.41) is 3.49. The second-order valence-corrected chi connectivity index (χ2v) is 8.48. The van der Waals surface area contributed by atoms with E-state index in [1.165, 1.54) is 122 Å². The van der Waals surface area contributed by atoms with Crippen molar-refractivity contribution in [1.29, 1.82) is 0 Å². The Bertz CT molecular complexity index is 257. The predicted molar refractivity (Wildman–Crippen MR) is 122 cm³/mol. The van der Waals surface area contributed by atoms with Crippen molar-refractivity contribution in [1.82, 2.24) is 5.32 Å². The molecule has 0 amide bonds. The molecule has 0 rings (SSSR count). The summed E-state index contributed by atoms with van der Waals surface area (Å²) in [4.78, 5) is 0. The fourth-order valence-electron chi connectivity index (χ4n) is 3.65. The summed E-state index contributed by atoms with van der Waals surface area (Å²) in [7, 11) is 0. The van der Waals surface area contributed by atoms with Gasteiger partial charge in [-0.1, -0.05) is 123 Å². The van der Waals surface area contributed by atoms with E-state index in [0.717, 1.165) is 13.2 Å². The highest BCUT2D eigenvalue weighted by molar-refractivity contribution is 4.53. The molecule has 0 bridgehead atoms. The lowest BCUT2D eigenvalue weighted by atomic mass is 10.0. The molecule has 0 aromatic carbocycles. The molecule has 1 atom stereocenters. The number of hydrogen-bond acceptors (Lipinski definition) is 2. The number of nitrogens with one attached hydrogen (secondary N) is 1. The molecule has 1 unspecified atom stereocenters. The molecule has 0 radical (unpaired) electrons. The molecule has 27 heavy (non-hydrogen) atoms. The molecule has 2 nitrogen and oxygen atoms in total. The van der Waals surface area contributed by atoms with Crippen LogP contribution in [0.4, 0.5) is 0 Å². The van der Waals surface area contributed by atoms with Crippen LogP contribution in [0.1, 0.15) is 143 Å². The Kier molecular flexibility index (Phi) is 23.9. The predicted octanol–water partition coefficient (Wildman–Crippen LogP) is 8.39. The first-order valence-electron chi connectivity index (χ1n) is 12.7. The smallest absolute Gasteiger partial charge is 0.105 e. The average molecular weight is 384 g/mol. The number of unbranched alkanes of at least 4 members (excludes halogenated alkanes) is 17. The minimum Gasteiger partial charge on any atom is -0.364 e. The third kappa shape index (κ3) is 23.9. The van der Waals surface area contributed by atoms with Gasteiger partial charge in [0, 0.05) is 6.61 Å². The zero-order valence-electron chi connectivity index (χ0n) is 19.3. The molecule has 0 heterocycles. The van der Waals surface area contributed by atoms with E-state index >= 15 is 0 Å². The van der Waals surface area contributed by atoms with E-state index in [9.17, 15) is 0 Å². The highest BCUT2D eigenvalue weighted by Gasteiger charge is 2.00. The minimum atomic E-state index is 0.221. The summed E-state index contributed by atoms with van der Waals surface area (Å²) in [6.45, 7) is 8.68. The third-order valence-electron chi connectivity index (χ3n) is 5.58. The number of rotatable bonds is 23. The van der Waals surface area contributed by atoms with Gasteiger partial charge < -0.3 is 4.74 Å². The maximum Gasteiger partial charge on any atom is 0.105 e. The van der Waals surface area contributed by atoms with Crippen molar-refractivity contribution >= 4 is 0 Å². The van der Waals surface area contributed by atoms with E-state index in [2.05, 4.69) is 26.1 Å². The van der Waals surface area contributed by atoms with Gasteiger partial charge in [-0.3, -0.25) is 5.32 Å². The van der Waals surface area contributed by atoms with E-state index in [-0.39, 0.29) is 6.23 Å². The maximum atomic E-state index is 5.76. The third-order valence-corrected chi connectivity index (χ3v) is 5.58. The van der Waals surface area contributed by atoms with Crippen molar-refractivity contribution in [2.24, 2.45) is 0 Å². The molecule has 1 N–H and O–H groups in total. The van der Waals surface area contributed by atoms with E-state index in [4.69, 9.17) is 4.74 Å². The lowest BCUT2D eigenvalue weighted by Crippen LogP contribution is -2.29. The van der Waals surface area contributed by atoms with Crippen molar-refractivity contribution < 1.29 is 4.74 Å². The zero-order chi connectivity index (χ0) is 19.8. The Labute approximate surface area is 172 Å². The lowest BCUT2D eigenvalue weighted by Gasteiger charge is -2.14. The molecule has 0 aliphatic rings. The van der Waals surface area contributed by atoms with Gasteiger partial charge in [-0.2, -0.15) is 0 Å². The Morgan fingerprint density at radius 3 is 1.33 bits per heavy atom. The summed E-state index contributed by atoms with van der Waals surface area (Å²) >= 11 is 0. The van der Waals surface area contributed by atoms with Crippen LogP contribution < -0.4 is 5.32 Å². The first kappa shape index (κ1) is 26.9. The molecular formula is C25H53NO. The van der Waals surface area contributed by atoms with Crippen LogP contribution in [0.15, 0.2) is 0 Å². The van der Waals surface area contributed by atoms with Crippen LogP contribution in [0.5, 0.6) is 0 Å². The van der Waals surface area contributed by atoms with Crippen LogP contribution in [0.2, 0.25) is 0 Å². The van der Waals surface area contributed by atoms with Gasteiger partial charge in [0.1, 0.15) is 6.23 Å². The maximum absolute atomic E-state index is 5.76. The Morgan fingerprint density at radius 2 is 0.889 bits per heavy atom. The van der Waals surface area contributed by atoms with Gasteiger partial charge in [0.2, 0.25) is 0 Å². The molecule has 0 saturated heterocycles. The van der Waals surface area contributed by atoms with Crippen molar-refractivity contribution in [3.63, 3.8) is 0 Å². The van der Waals surface area contributed by atoms with E-state index in [1.54, 1.807) is 0 Å². The molecule has 0 fully saturated rings. The molecule has 0 aliphatic carbocycles. The molecule has 0 aliphatic heterocycles. The quantitative estimate of drug-likeness (QED) is 0.141. The first-order chi connectivity index (χ1) is 13.3. The summed E-state index contributed by atoms with van der Waals surface area (Å²) in [6, 6.07) is 0. The minimum absolute atomic E-state index is 0.221. The van der Waals surface area contributed by atoms with Crippen molar-refractivity contribution in [3.8, 4) is 0 Å². The Hall–Kier alpha value is -0.0800. The van der Waals surface area contributed by atoms with Crippen LogP contribution in [0, 0.1) is 0 Å². The van der Waals surface area contributed by atoms with Gasteiger partial charge in [0.05, 0.1) is 0 Å². The highest BCUT2D eigenvalue weighted by Crippen LogP contribution is 2.13.